The van der Waals surface area contributed by atoms with Crippen molar-refractivity contribution in [2.45, 2.75) is 69.4 Å². The molecule has 0 radical (unpaired) electrons. The molecule has 2 heterocycles. The molecular weight excluding hydrogens is 554 g/mol. The normalized spacial score (nSPS) is 21.9. The lowest BCUT2D eigenvalue weighted by atomic mass is 9.89. The third kappa shape index (κ3) is 8.21. The number of anilines is 2. The maximum absolute atomic E-state index is 12.5. The van der Waals surface area contributed by atoms with E-state index in [1.807, 2.05) is 0 Å². The third-order valence-corrected chi connectivity index (χ3v) is 7.26. The van der Waals surface area contributed by atoms with Gasteiger partial charge in [0.15, 0.2) is 5.76 Å². The molecule has 1 saturated heterocycles. The summed E-state index contributed by atoms with van der Waals surface area (Å²) in [5.74, 6) is -0.142. The van der Waals surface area contributed by atoms with Gasteiger partial charge in [-0.15, -0.1) is 26.3 Å². The van der Waals surface area contributed by atoms with Crippen LogP contribution in [0.3, 0.4) is 0 Å². The first-order valence-corrected chi connectivity index (χ1v) is 13.5. The lowest BCUT2D eigenvalue weighted by molar-refractivity contribution is -0.275. The zero-order valence-electron chi connectivity index (χ0n) is 22.0. The topological polar surface area (TPSA) is 71.8 Å². The third-order valence-electron chi connectivity index (χ3n) is 7.26. The van der Waals surface area contributed by atoms with Gasteiger partial charge in [0.1, 0.15) is 11.5 Å². The molecule has 1 aliphatic carbocycles. The van der Waals surface area contributed by atoms with Gasteiger partial charge in [-0.2, -0.15) is 0 Å². The molecule has 222 valence electrons. The molecule has 2 aliphatic rings. The molecular formula is C28H30F6N4O3. The van der Waals surface area contributed by atoms with Crippen molar-refractivity contribution >= 4 is 11.7 Å². The fraction of sp³-hybridized carbons (Fsp3) is 0.464. The van der Waals surface area contributed by atoms with E-state index in [1.165, 1.54) is 42.6 Å². The Hall–Kier alpha value is -3.61. The van der Waals surface area contributed by atoms with Gasteiger partial charge in [-0.25, -0.2) is 4.98 Å². The van der Waals surface area contributed by atoms with Crippen LogP contribution in [0.1, 0.15) is 38.5 Å². The molecule has 2 fully saturated rings. The maximum Gasteiger partial charge on any atom is 0.573 e. The Morgan fingerprint density at radius 1 is 0.780 bits per heavy atom. The average Bonchev–Trinajstić information content (AvgIpc) is 3.38. The van der Waals surface area contributed by atoms with E-state index < -0.39 is 12.7 Å². The number of halogens is 6. The van der Waals surface area contributed by atoms with Gasteiger partial charge < -0.3 is 29.4 Å². The second-order valence-corrected chi connectivity index (χ2v) is 10.2. The van der Waals surface area contributed by atoms with Crippen molar-refractivity contribution in [2.24, 2.45) is 0 Å². The largest absolute Gasteiger partial charge is 0.573 e. The number of rotatable bonds is 8. The van der Waals surface area contributed by atoms with Gasteiger partial charge >= 0.3 is 12.7 Å². The molecule has 1 saturated carbocycles. The van der Waals surface area contributed by atoms with Crippen LogP contribution < -0.4 is 25.0 Å². The number of nitrogens with one attached hydrogen (secondary N) is 2. The molecule has 13 heteroatoms. The standard InChI is InChI=1S/C28H30F6N4O3/c29-27(30,31)40-21-11-7-18(8-12-21)25-16-35-26(39-25)37-24-6-2-1-5-23(24)36-19-4-3-15-38(17-19)20-9-13-22(14-10-20)41-28(32,33)34/h7-14,16,19,23-24,36H,1-6,15,17H2,(H,35,37)/t19?,23-,24-/m1/s1. The summed E-state index contributed by atoms with van der Waals surface area (Å²) in [4.78, 5) is 6.49. The molecule has 3 atom stereocenters. The molecule has 0 bridgehead atoms. The van der Waals surface area contributed by atoms with Gasteiger partial charge in [-0.1, -0.05) is 12.8 Å². The molecule has 1 aliphatic heterocycles. The first kappa shape index (κ1) is 28.9. The summed E-state index contributed by atoms with van der Waals surface area (Å²) in [5.41, 5.74) is 1.41. The van der Waals surface area contributed by atoms with Crippen molar-refractivity contribution in [1.82, 2.24) is 10.3 Å². The van der Waals surface area contributed by atoms with Crippen molar-refractivity contribution in [3.63, 3.8) is 0 Å². The summed E-state index contributed by atoms with van der Waals surface area (Å²) in [5, 5.41) is 7.17. The SMILES string of the molecule is FC(F)(F)Oc1ccc(-c2cnc(N[C@@H]3CCCC[C@H]3NC3CCCN(c4ccc(OC(F)(F)F)cc4)C3)o2)cc1. The van der Waals surface area contributed by atoms with Crippen LogP contribution in [0.5, 0.6) is 11.5 Å². The second kappa shape index (κ2) is 12.1. The van der Waals surface area contributed by atoms with E-state index in [4.69, 9.17) is 4.42 Å². The summed E-state index contributed by atoms with van der Waals surface area (Å²) in [6.45, 7) is 1.53. The number of alkyl halides is 6. The highest BCUT2D eigenvalue weighted by Crippen LogP contribution is 2.31. The molecule has 0 amide bonds. The van der Waals surface area contributed by atoms with Crippen molar-refractivity contribution in [1.29, 1.82) is 0 Å². The second-order valence-electron chi connectivity index (χ2n) is 10.2. The van der Waals surface area contributed by atoms with Crippen LogP contribution in [0.4, 0.5) is 38.0 Å². The van der Waals surface area contributed by atoms with Gasteiger partial charge in [0, 0.05) is 42.5 Å². The van der Waals surface area contributed by atoms with Crippen LogP contribution in [-0.2, 0) is 0 Å². The first-order valence-electron chi connectivity index (χ1n) is 13.5. The quantitative estimate of drug-likeness (QED) is 0.273. The van der Waals surface area contributed by atoms with Crippen molar-refractivity contribution < 1.29 is 40.2 Å². The Bertz CT molecular complexity index is 1260. The highest BCUT2D eigenvalue weighted by Gasteiger charge is 2.33. The predicted molar refractivity (Wildman–Crippen MR) is 140 cm³/mol. The van der Waals surface area contributed by atoms with E-state index in [2.05, 4.69) is 30.0 Å². The summed E-state index contributed by atoms with van der Waals surface area (Å²) in [6, 6.07) is 12.1. The molecule has 2 aromatic carbocycles. The molecule has 1 aromatic heterocycles. The fourth-order valence-electron chi connectivity index (χ4n) is 5.47. The lowest BCUT2D eigenvalue weighted by Gasteiger charge is -2.40. The monoisotopic (exact) mass is 584 g/mol. The van der Waals surface area contributed by atoms with E-state index in [1.54, 1.807) is 12.1 Å². The van der Waals surface area contributed by atoms with Crippen molar-refractivity contribution in [2.75, 3.05) is 23.3 Å². The van der Waals surface area contributed by atoms with Crippen LogP contribution in [0, 0.1) is 0 Å². The number of benzene rings is 2. The van der Waals surface area contributed by atoms with Gasteiger partial charge in [0.05, 0.1) is 6.20 Å². The van der Waals surface area contributed by atoms with Crippen LogP contribution in [0.15, 0.2) is 59.1 Å². The van der Waals surface area contributed by atoms with E-state index in [0.29, 0.717) is 17.3 Å². The van der Waals surface area contributed by atoms with Gasteiger partial charge in [-0.05, 0) is 74.2 Å². The molecule has 0 spiro atoms. The van der Waals surface area contributed by atoms with Crippen LogP contribution in [0.2, 0.25) is 0 Å². The summed E-state index contributed by atoms with van der Waals surface area (Å²) < 4.78 is 88.5. The molecule has 7 nitrogen and oxygen atoms in total. The molecule has 2 N–H and O–H groups in total. The number of hydrogen-bond donors (Lipinski definition) is 2. The summed E-state index contributed by atoms with van der Waals surface area (Å²) >= 11 is 0. The number of ether oxygens (including phenoxy) is 2. The van der Waals surface area contributed by atoms with E-state index in [-0.39, 0.29) is 29.6 Å². The van der Waals surface area contributed by atoms with Gasteiger partial charge in [-0.3, -0.25) is 0 Å². The van der Waals surface area contributed by atoms with Crippen LogP contribution in [-0.4, -0.2) is 48.9 Å². The predicted octanol–water partition coefficient (Wildman–Crippen LogP) is 7.12. The Morgan fingerprint density at radius 3 is 2.02 bits per heavy atom. The van der Waals surface area contributed by atoms with Gasteiger partial charge in [0.2, 0.25) is 0 Å². The maximum atomic E-state index is 12.5. The number of nitrogens with zero attached hydrogens (tertiary/aromatic N) is 2. The highest BCUT2D eigenvalue weighted by molar-refractivity contribution is 5.58. The number of hydrogen-bond acceptors (Lipinski definition) is 7. The smallest absolute Gasteiger partial charge is 0.424 e. The minimum absolute atomic E-state index is 0.0620. The summed E-state index contributed by atoms with van der Waals surface area (Å²) in [7, 11) is 0. The zero-order chi connectivity index (χ0) is 29.0. The molecule has 3 aromatic rings. The Balaban J connectivity index is 1.18. The lowest BCUT2D eigenvalue weighted by Crippen LogP contribution is -2.54. The van der Waals surface area contributed by atoms with E-state index in [0.717, 1.165) is 57.3 Å². The Kier molecular flexibility index (Phi) is 8.52. The number of piperidine rings is 1. The molecule has 41 heavy (non-hydrogen) atoms. The molecule has 5 rings (SSSR count). The van der Waals surface area contributed by atoms with Gasteiger partial charge in [0.25, 0.3) is 6.01 Å². The van der Waals surface area contributed by atoms with Crippen molar-refractivity contribution in [3.8, 4) is 22.8 Å². The highest BCUT2D eigenvalue weighted by atomic mass is 19.4. The first-order chi connectivity index (χ1) is 19.5. The zero-order valence-corrected chi connectivity index (χ0v) is 22.0. The Morgan fingerprint density at radius 2 is 1.39 bits per heavy atom. The fourth-order valence-corrected chi connectivity index (χ4v) is 5.47. The minimum atomic E-state index is -4.76. The van der Waals surface area contributed by atoms with Crippen molar-refractivity contribution in [3.05, 3.63) is 54.7 Å². The van der Waals surface area contributed by atoms with Crippen LogP contribution >= 0.6 is 0 Å². The molecule has 1 unspecified atom stereocenters. The minimum Gasteiger partial charge on any atom is -0.424 e. The van der Waals surface area contributed by atoms with E-state index in [9.17, 15) is 26.3 Å². The average molecular weight is 585 g/mol. The number of aromatic nitrogens is 1. The summed E-state index contributed by atoms with van der Waals surface area (Å²) in [6.07, 6.45) is -2.03. The Labute approximate surface area is 232 Å². The number of oxazole rings is 1. The van der Waals surface area contributed by atoms with Crippen LogP contribution in [0.25, 0.3) is 11.3 Å². The van der Waals surface area contributed by atoms with E-state index >= 15 is 0 Å².